The first-order valence-electron chi connectivity index (χ1n) is 5.77. The number of rotatable bonds is 4. The van der Waals surface area contributed by atoms with Crippen LogP contribution in [-0.2, 0) is 9.59 Å². The Balaban J connectivity index is 2.01. The van der Waals surface area contributed by atoms with Crippen LogP contribution in [0, 0.1) is 0 Å². The van der Waals surface area contributed by atoms with Gasteiger partial charge in [0.25, 0.3) is 0 Å². The molecule has 17 heavy (non-hydrogen) atoms. The maximum Gasteiger partial charge on any atom is 0.246 e. The zero-order valence-electron chi connectivity index (χ0n) is 9.97. The Kier molecular flexibility index (Phi) is 3.59. The number of amides is 2. The van der Waals surface area contributed by atoms with Crippen molar-refractivity contribution in [3.05, 3.63) is 22.4 Å². The van der Waals surface area contributed by atoms with Crippen molar-refractivity contribution in [3.63, 3.8) is 0 Å². The predicted octanol–water partition coefficient (Wildman–Crippen LogP) is 1.55. The van der Waals surface area contributed by atoms with Crippen molar-refractivity contribution in [3.8, 4) is 0 Å². The molecule has 5 heteroatoms. The van der Waals surface area contributed by atoms with Gasteiger partial charge >= 0.3 is 0 Å². The van der Waals surface area contributed by atoms with Gasteiger partial charge in [0.1, 0.15) is 0 Å². The minimum absolute atomic E-state index is 0.0756. The fourth-order valence-electron chi connectivity index (χ4n) is 2.07. The highest BCUT2D eigenvalue weighted by atomic mass is 32.1. The van der Waals surface area contributed by atoms with E-state index in [-0.39, 0.29) is 30.3 Å². The molecule has 1 N–H and O–H groups in total. The van der Waals surface area contributed by atoms with Crippen molar-refractivity contribution in [2.24, 2.45) is 0 Å². The molecule has 0 aromatic carbocycles. The lowest BCUT2D eigenvalue weighted by Crippen LogP contribution is -2.39. The number of likely N-dealkylation sites (tertiary alicyclic amines) is 1. The molecule has 0 saturated carbocycles. The summed E-state index contributed by atoms with van der Waals surface area (Å²) in [5, 5.41) is 5.23. The smallest absolute Gasteiger partial charge is 0.246 e. The number of imide groups is 1. The van der Waals surface area contributed by atoms with Gasteiger partial charge in [-0.1, -0.05) is 6.07 Å². The quantitative estimate of drug-likeness (QED) is 0.827. The van der Waals surface area contributed by atoms with Crippen LogP contribution in [0.15, 0.2) is 17.5 Å². The summed E-state index contributed by atoms with van der Waals surface area (Å²) >= 11 is 1.65. The molecule has 0 aliphatic carbocycles. The largest absolute Gasteiger partial charge is 0.298 e. The summed E-state index contributed by atoms with van der Waals surface area (Å²) in [4.78, 5) is 26.0. The molecule has 0 spiro atoms. The van der Waals surface area contributed by atoms with E-state index in [0.29, 0.717) is 6.54 Å². The standard InChI is InChI=1S/C12H16N2O2S/c1-3-14-11(15)7-9(12(14)16)13-8(2)10-5-4-6-17-10/h4-6,8-9,13H,3,7H2,1-2H3. The molecule has 1 aromatic rings. The number of hydrogen-bond donors (Lipinski definition) is 1. The normalized spacial score (nSPS) is 22.2. The van der Waals surface area contributed by atoms with E-state index in [4.69, 9.17) is 0 Å². The highest BCUT2D eigenvalue weighted by molar-refractivity contribution is 7.10. The second-order valence-corrected chi connectivity index (χ2v) is 5.12. The van der Waals surface area contributed by atoms with E-state index >= 15 is 0 Å². The first-order valence-corrected chi connectivity index (χ1v) is 6.65. The minimum atomic E-state index is -0.362. The summed E-state index contributed by atoms with van der Waals surface area (Å²) in [6.07, 6.45) is 0.280. The minimum Gasteiger partial charge on any atom is -0.298 e. The SMILES string of the molecule is CCN1C(=O)CC(NC(C)c2cccs2)C1=O. The van der Waals surface area contributed by atoms with Crippen LogP contribution in [0.25, 0.3) is 0 Å². The van der Waals surface area contributed by atoms with Gasteiger partial charge < -0.3 is 0 Å². The van der Waals surface area contributed by atoms with Crippen molar-refractivity contribution in [2.75, 3.05) is 6.54 Å². The molecule has 1 aliphatic rings. The molecule has 0 bridgehead atoms. The first kappa shape index (κ1) is 12.3. The van der Waals surface area contributed by atoms with Gasteiger partial charge in [-0.2, -0.15) is 0 Å². The van der Waals surface area contributed by atoms with E-state index in [9.17, 15) is 9.59 Å². The van der Waals surface area contributed by atoms with Gasteiger partial charge in [0, 0.05) is 17.5 Å². The Morgan fingerprint density at radius 2 is 2.35 bits per heavy atom. The molecule has 2 unspecified atom stereocenters. The van der Waals surface area contributed by atoms with E-state index < -0.39 is 0 Å². The molecule has 0 radical (unpaired) electrons. The summed E-state index contributed by atoms with van der Waals surface area (Å²) < 4.78 is 0. The number of likely N-dealkylation sites (N-methyl/N-ethyl adjacent to an activating group) is 1. The van der Waals surface area contributed by atoms with Crippen molar-refractivity contribution in [1.82, 2.24) is 10.2 Å². The van der Waals surface area contributed by atoms with E-state index in [1.807, 2.05) is 31.4 Å². The molecule has 1 saturated heterocycles. The lowest BCUT2D eigenvalue weighted by molar-refractivity contribution is -0.138. The van der Waals surface area contributed by atoms with Crippen LogP contribution in [0.3, 0.4) is 0 Å². The van der Waals surface area contributed by atoms with Crippen LogP contribution in [0.2, 0.25) is 0 Å². The van der Waals surface area contributed by atoms with Crippen molar-refractivity contribution in [1.29, 1.82) is 0 Å². The Bertz CT molecular complexity index is 416. The number of hydrogen-bond acceptors (Lipinski definition) is 4. The zero-order valence-corrected chi connectivity index (χ0v) is 10.8. The Morgan fingerprint density at radius 3 is 2.88 bits per heavy atom. The monoisotopic (exact) mass is 252 g/mol. The molecule has 2 amide bonds. The third kappa shape index (κ3) is 2.40. The van der Waals surface area contributed by atoms with Gasteiger partial charge in [-0.05, 0) is 25.3 Å². The lowest BCUT2D eigenvalue weighted by atomic mass is 10.2. The van der Waals surface area contributed by atoms with E-state index in [1.54, 1.807) is 11.3 Å². The van der Waals surface area contributed by atoms with Gasteiger partial charge in [0.2, 0.25) is 11.8 Å². The van der Waals surface area contributed by atoms with Crippen molar-refractivity contribution in [2.45, 2.75) is 32.4 Å². The van der Waals surface area contributed by atoms with E-state index in [0.717, 1.165) is 0 Å². The van der Waals surface area contributed by atoms with Gasteiger partial charge in [-0.15, -0.1) is 11.3 Å². The summed E-state index contributed by atoms with van der Waals surface area (Å²) in [5.41, 5.74) is 0. The zero-order chi connectivity index (χ0) is 12.4. The van der Waals surface area contributed by atoms with Crippen molar-refractivity contribution >= 4 is 23.2 Å². The average Bonchev–Trinajstić information content (AvgIpc) is 2.89. The third-order valence-corrected chi connectivity index (χ3v) is 4.04. The highest BCUT2D eigenvalue weighted by Crippen LogP contribution is 2.21. The summed E-state index contributed by atoms with van der Waals surface area (Å²) in [7, 11) is 0. The maximum atomic E-state index is 11.9. The first-order chi connectivity index (χ1) is 8.13. The number of carbonyl (C=O) groups is 2. The average molecular weight is 252 g/mol. The fourth-order valence-corrected chi connectivity index (χ4v) is 2.81. The van der Waals surface area contributed by atoms with Gasteiger partial charge in [0.15, 0.2) is 0 Å². The van der Waals surface area contributed by atoms with E-state index in [1.165, 1.54) is 9.78 Å². The van der Waals surface area contributed by atoms with E-state index in [2.05, 4.69) is 5.32 Å². The van der Waals surface area contributed by atoms with Crippen LogP contribution in [0.1, 0.15) is 31.2 Å². The van der Waals surface area contributed by atoms with Gasteiger partial charge in [0.05, 0.1) is 12.5 Å². The predicted molar refractivity (Wildman–Crippen MR) is 66.7 cm³/mol. The molecule has 4 nitrogen and oxygen atoms in total. The van der Waals surface area contributed by atoms with Gasteiger partial charge in [-0.3, -0.25) is 19.8 Å². The molecule has 2 rings (SSSR count). The molecule has 2 atom stereocenters. The number of nitrogens with zero attached hydrogens (tertiary/aromatic N) is 1. The van der Waals surface area contributed by atoms with Crippen LogP contribution in [0.4, 0.5) is 0 Å². The fraction of sp³-hybridized carbons (Fsp3) is 0.500. The Labute approximate surface area is 105 Å². The molecule has 1 aromatic heterocycles. The molecular formula is C12H16N2O2S. The molecule has 2 heterocycles. The topological polar surface area (TPSA) is 49.4 Å². The lowest BCUT2D eigenvalue weighted by Gasteiger charge is -2.17. The summed E-state index contributed by atoms with van der Waals surface area (Å²) in [6.45, 7) is 4.29. The Morgan fingerprint density at radius 1 is 1.59 bits per heavy atom. The summed E-state index contributed by atoms with van der Waals surface area (Å²) in [5.74, 6) is -0.172. The molecular weight excluding hydrogens is 236 g/mol. The molecule has 1 fully saturated rings. The second kappa shape index (κ2) is 4.98. The highest BCUT2D eigenvalue weighted by Gasteiger charge is 2.38. The Hall–Kier alpha value is -1.20. The van der Waals surface area contributed by atoms with Gasteiger partial charge in [-0.25, -0.2) is 0 Å². The van der Waals surface area contributed by atoms with Crippen LogP contribution in [-0.4, -0.2) is 29.3 Å². The molecule has 92 valence electrons. The van der Waals surface area contributed by atoms with Crippen LogP contribution < -0.4 is 5.32 Å². The second-order valence-electron chi connectivity index (χ2n) is 4.14. The number of nitrogens with one attached hydrogen (secondary N) is 1. The summed E-state index contributed by atoms with van der Waals surface area (Å²) in [6, 6.07) is 3.76. The van der Waals surface area contributed by atoms with Crippen molar-refractivity contribution < 1.29 is 9.59 Å². The number of carbonyl (C=O) groups excluding carboxylic acids is 2. The van der Waals surface area contributed by atoms with Crippen LogP contribution >= 0.6 is 11.3 Å². The number of thiophene rings is 1. The maximum absolute atomic E-state index is 11.9. The third-order valence-electron chi connectivity index (χ3n) is 2.98. The molecule has 1 aliphatic heterocycles. The van der Waals surface area contributed by atoms with Crippen LogP contribution in [0.5, 0.6) is 0 Å².